The van der Waals surface area contributed by atoms with Crippen molar-refractivity contribution in [2.24, 2.45) is 5.73 Å². The van der Waals surface area contributed by atoms with Gasteiger partial charge in [0, 0.05) is 11.5 Å². The van der Waals surface area contributed by atoms with Gasteiger partial charge in [0.25, 0.3) is 5.91 Å². The van der Waals surface area contributed by atoms with Crippen LogP contribution in [0, 0.1) is 0 Å². The summed E-state index contributed by atoms with van der Waals surface area (Å²) in [5.74, 6) is -0.485. The first-order valence-corrected chi connectivity index (χ1v) is 7.70. The van der Waals surface area contributed by atoms with Crippen molar-refractivity contribution in [2.45, 2.75) is 37.7 Å². The van der Waals surface area contributed by atoms with E-state index < -0.39 is 5.91 Å². The molecular formula is C18H20N2O2. The molecule has 2 atom stereocenters. The Bertz CT molecular complexity index is 670. The highest BCUT2D eigenvalue weighted by molar-refractivity contribution is 5.91. The highest BCUT2D eigenvalue weighted by Crippen LogP contribution is 2.34. The maximum absolute atomic E-state index is 11.6. The Kier molecular flexibility index (Phi) is 4.20. The van der Waals surface area contributed by atoms with Gasteiger partial charge in [-0.05, 0) is 30.5 Å². The molecule has 1 aliphatic rings. The number of carbonyl (C=O) groups is 1. The summed E-state index contributed by atoms with van der Waals surface area (Å²) >= 11 is 0. The second kappa shape index (κ2) is 6.28. The van der Waals surface area contributed by atoms with E-state index in [0.29, 0.717) is 0 Å². The average Bonchev–Trinajstić information content (AvgIpc) is 2.55. The van der Waals surface area contributed by atoms with Crippen LogP contribution in [0.2, 0.25) is 0 Å². The van der Waals surface area contributed by atoms with E-state index in [1.54, 1.807) is 6.07 Å². The number of hydrogen-bond donors (Lipinski definition) is 2. The highest BCUT2D eigenvalue weighted by atomic mass is 16.3. The second-order valence-corrected chi connectivity index (χ2v) is 5.86. The Labute approximate surface area is 130 Å². The van der Waals surface area contributed by atoms with Crippen LogP contribution in [0.3, 0.4) is 0 Å². The lowest BCUT2D eigenvalue weighted by molar-refractivity contribution is 0.0990. The average molecular weight is 296 g/mol. The normalized spacial score (nSPS) is 21.5. The molecule has 3 N–H and O–H groups in total. The highest BCUT2D eigenvalue weighted by Gasteiger charge is 2.26. The van der Waals surface area contributed by atoms with Crippen LogP contribution in [-0.2, 0) is 0 Å². The summed E-state index contributed by atoms with van der Waals surface area (Å²) in [5, 5.41) is 10.3. The molecule has 1 amide bonds. The van der Waals surface area contributed by atoms with Crippen LogP contribution < -0.4 is 5.73 Å². The van der Waals surface area contributed by atoms with Gasteiger partial charge in [0.15, 0.2) is 0 Å². The maximum Gasteiger partial charge on any atom is 0.267 e. The van der Waals surface area contributed by atoms with Gasteiger partial charge < -0.3 is 10.8 Å². The third kappa shape index (κ3) is 3.02. The lowest BCUT2D eigenvalue weighted by atomic mass is 9.81. The molecule has 4 nitrogen and oxygen atoms in total. The quantitative estimate of drug-likeness (QED) is 0.914. The summed E-state index contributed by atoms with van der Waals surface area (Å²) in [7, 11) is 0. The fourth-order valence-electron chi connectivity index (χ4n) is 3.15. The van der Waals surface area contributed by atoms with Crippen molar-refractivity contribution >= 4 is 5.91 Å². The molecule has 0 spiro atoms. The zero-order chi connectivity index (χ0) is 15.5. The molecule has 1 fully saturated rings. The van der Waals surface area contributed by atoms with E-state index in [1.807, 2.05) is 36.4 Å². The first-order chi connectivity index (χ1) is 10.6. The SMILES string of the molecule is NC(=O)c1cc(C2CCCCC2O)cc(-c2ccccc2)n1. The molecular weight excluding hydrogens is 276 g/mol. The summed E-state index contributed by atoms with van der Waals surface area (Å²) < 4.78 is 0. The zero-order valence-corrected chi connectivity index (χ0v) is 12.4. The van der Waals surface area contributed by atoms with Gasteiger partial charge in [0.1, 0.15) is 5.69 Å². The summed E-state index contributed by atoms with van der Waals surface area (Å²) in [5.41, 5.74) is 8.31. The lowest BCUT2D eigenvalue weighted by Gasteiger charge is -2.28. The molecule has 0 saturated heterocycles. The van der Waals surface area contributed by atoms with Crippen molar-refractivity contribution in [2.75, 3.05) is 0 Å². The maximum atomic E-state index is 11.6. The Hall–Kier alpha value is -2.20. The molecule has 22 heavy (non-hydrogen) atoms. The standard InChI is InChI=1S/C18H20N2O2/c19-18(22)16-11-13(14-8-4-5-9-17(14)21)10-15(20-16)12-6-2-1-3-7-12/h1-3,6-7,10-11,14,17,21H,4-5,8-9H2,(H2,19,22). The van der Waals surface area contributed by atoms with Gasteiger partial charge in [-0.15, -0.1) is 0 Å². The van der Waals surface area contributed by atoms with Gasteiger partial charge in [-0.25, -0.2) is 4.98 Å². The minimum absolute atomic E-state index is 0.0531. The van der Waals surface area contributed by atoms with Crippen LogP contribution in [0.25, 0.3) is 11.3 Å². The molecule has 1 heterocycles. The Morgan fingerprint density at radius 3 is 2.55 bits per heavy atom. The summed E-state index contributed by atoms with van der Waals surface area (Å²) in [4.78, 5) is 16.0. The molecule has 0 aliphatic heterocycles. The summed E-state index contributed by atoms with van der Waals surface area (Å²) in [6, 6.07) is 13.4. The first kappa shape index (κ1) is 14.7. The molecule has 3 rings (SSSR count). The van der Waals surface area contributed by atoms with Crippen LogP contribution in [0.1, 0.15) is 47.7 Å². The molecule has 0 radical (unpaired) electrons. The Balaban J connectivity index is 2.06. The van der Waals surface area contributed by atoms with Crippen molar-refractivity contribution in [1.82, 2.24) is 4.98 Å². The van der Waals surface area contributed by atoms with E-state index in [2.05, 4.69) is 4.98 Å². The lowest BCUT2D eigenvalue weighted by Crippen LogP contribution is -2.23. The number of pyridine rings is 1. The fourth-order valence-corrected chi connectivity index (χ4v) is 3.15. The van der Waals surface area contributed by atoms with Gasteiger partial charge in [0.05, 0.1) is 11.8 Å². The van der Waals surface area contributed by atoms with Gasteiger partial charge in [0.2, 0.25) is 0 Å². The van der Waals surface area contributed by atoms with Crippen molar-refractivity contribution in [3.63, 3.8) is 0 Å². The third-order valence-electron chi connectivity index (χ3n) is 4.33. The fraction of sp³-hybridized carbons (Fsp3) is 0.333. The molecule has 4 heteroatoms. The number of aliphatic hydroxyl groups excluding tert-OH is 1. The van der Waals surface area contributed by atoms with Crippen LogP contribution >= 0.6 is 0 Å². The third-order valence-corrected chi connectivity index (χ3v) is 4.33. The number of aliphatic hydroxyl groups is 1. The van der Waals surface area contributed by atoms with E-state index in [-0.39, 0.29) is 17.7 Å². The molecule has 114 valence electrons. The van der Waals surface area contributed by atoms with Gasteiger partial charge >= 0.3 is 0 Å². The first-order valence-electron chi connectivity index (χ1n) is 7.70. The molecule has 1 aromatic carbocycles. The van der Waals surface area contributed by atoms with E-state index in [1.165, 1.54) is 0 Å². The van der Waals surface area contributed by atoms with Crippen LogP contribution in [0.4, 0.5) is 0 Å². The van der Waals surface area contributed by atoms with Crippen molar-refractivity contribution < 1.29 is 9.90 Å². The molecule has 1 aliphatic carbocycles. The number of nitrogens with two attached hydrogens (primary N) is 1. The van der Waals surface area contributed by atoms with Gasteiger partial charge in [-0.3, -0.25) is 4.79 Å². The monoisotopic (exact) mass is 296 g/mol. The zero-order valence-electron chi connectivity index (χ0n) is 12.4. The number of aromatic nitrogens is 1. The molecule has 0 bridgehead atoms. The minimum Gasteiger partial charge on any atom is -0.392 e. The van der Waals surface area contributed by atoms with E-state index in [9.17, 15) is 9.90 Å². The van der Waals surface area contributed by atoms with E-state index in [4.69, 9.17) is 5.73 Å². The minimum atomic E-state index is -0.538. The predicted octanol–water partition coefficient (Wildman–Crippen LogP) is 2.87. The Morgan fingerprint density at radius 1 is 1.14 bits per heavy atom. The molecule has 2 aromatic rings. The van der Waals surface area contributed by atoms with Gasteiger partial charge in [-0.1, -0.05) is 43.2 Å². The number of amides is 1. The van der Waals surface area contributed by atoms with Crippen LogP contribution in [-0.4, -0.2) is 22.1 Å². The smallest absolute Gasteiger partial charge is 0.267 e. The Morgan fingerprint density at radius 2 is 1.86 bits per heavy atom. The van der Waals surface area contributed by atoms with Crippen LogP contribution in [0.5, 0.6) is 0 Å². The number of rotatable bonds is 3. The van der Waals surface area contributed by atoms with Crippen LogP contribution in [0.15, 0.2) is 42.5 Å². The number of benzene rings is 1. The van der Waals surface area contributed by atoms with Crippen molar-refractivity contribution in [3.8, 4) is 11.3 Å². The molecule has 1 aromatic heterocycles. The molecule has 2 unspecified atom stereocenters. The van der Waals surface area contributed by atoms with E-state index >= 15 is 0 Å². The van der Waals surface area contributed by atoms with Crippen molar-refractivity contribution in [1.29, 1.82) is 0 Å². The number of hydrogen-bond acceptors (Lipinski definition) is 3. The number of carbonyl (C=O) groups excluding carboxylic acids is 1. The largest absolute Gasteiger partial charge is 0.392 e. The number of primary amides is 1. The molecule has 1 saturated carbocycles. The predicted molar refractivity (Wildman–Crippen MR) is 85.4 cm³/mol. The second-order valence-electron chi connectivity index (χ2n) is 5.86. The summed E-state index contributed by atoms with van der Waals surface area (Å²) in [6.45, 7) is 0. The van der Waals surface area contributed by atoms with E-state index in [0.717, 1.165) is 42.5 Å². The van der Waals surface area contributed by atoms with Gasteiger partial charge in [-0.2, -0.15) is 0 Å². The summed E-state index contributed by atoms with van der Waals surface area (Å²) in [6.07, 6.45) is 3.52. The number of nitrogens with zero attached hydrogens (tertiary/aromatic N) is 1. The topological polar surface area (TPSA) is 76.2 Å². The van der Waals surface area contributed by atoms with Crippen molar-refractivity contribution in [3.05, 3.63) is 53.7 Å².